The number of aliphatic carboxylic acids is 1. The largest absolute Gasteiger partial charge is 0.481 e. The molecule has 100 valence electrons. The van der Waals surface area contributed by atoms with Gasteiger partial charge in [-0.1, -0.05) is 24.3 Å². The third-order valence-electron chi connectivity index (χ3n) is 3.36. The first-order valence-corrected chi connectivity index (χ1v) is 6.38. The highest BCUT2D eigenvalue weighted by molar-refractivity contribution is 5.72. The zero-order chi connectivity index (χ0) is 14.1. The molecule has 0 bridgehead atoms. The van der Waals surface area contributed by atoms with Gasteiger partial charge in [-0.05, 0) is 29.7 Å². The number of carboxylic acids is 1. The molecule has 1 aromatic carbocycles. The number of imidazole rings is 1. The summed E-state index contributed by atoms with van der Waals surface area (Å²) in [7, 11) is 0. The second-order valence-electron chi connectivity index (χ2n) is 4.83. The van der Waals surface area contributed by atoms with Crippen LogP contribution in [0.15, 0.2) is 48.9 Å². The molecule has 0 atom stereocenters. The van der Waals surface area contributed by atoms with Crippen LogP contribution in [0.1, 0.15) is 11.1 Å². The summed E-state index contributed by atoms with van der Waals surface area (Å²) in [6.07, 6.45) is 5.79. The zero-order valence-corrected chi connectivity index (χ0v) is 11.1. The number of hydrogen-bond acceptors (Lipinski definition) is 2. The molecule has 0 saturated carbocycles. The minimum absolute atomic E-state index is 0.0554. The van der Waals surface area contributed by atoms with Crippen molar-refractivity contribution < 1.29 is 9.90 Å². The van der Waals surface area contributed by atoms with Crippen molar-refractivity contribution in [2.75, 3.05) is 0 Å². The lowest BCUT2D eigenvalue weighted by molar-refractivity contribution is -0.136. The number of fused-ring (bicyclic) bond motifs is 1. The van der Waals surface area contributed by atoms with E-state index in [1.54, 1.807) is 6.20 Å². The summed E-state index contributed by atoms with van der Waals surface area (Å²) in [5.74, 6) is -0.811. The summed E-state index contributed by atoms with van der Waals surface area (Å²) >= 11 is 0. The van der Waals surface area contributed by atoms with Gasteiger partial charge in [0, 0.05) is 24.2 Å². The van der Waals surface area contributed by atoms with Crippen LogP contribution in [0.25, 0.3) is 16.8 Å². The van der Waals surface area contributed by atoms with Gasteiger partial charge in [0.05, 0.1) is 6.42 Å². The Hall–Kier alpha value is -2.62. The average molecular weight is 266 g/mol. The molecule has 1 N–H and O–H groups in total. The van der Waals surface area contributed by atoms with E-state index >= 15 is 0 Å². The van der Waals surface area contributed by atoms with Gasteiger partial charge in [-0.15, -0.1) is 0 Å². The van der Waals surface area contributed by atoms with E-state index in [-0.39, 0.29) is 6.42 Å². The van der Waals surface area contributed by atoms with Crippen molar-refractivity contribution in [3.63, 3.8) is 0 Å². The number of nitrogens with zero attached hydrogens (tertiary/aromatic N) is 2. The Morgan fingerprint density at radius 1 is 1.30 bits per heavy atom. The predicted octanol–water partition coefficient (Wildman–Crippen LogP) is 2.94. The van der Waals surface area contributed by atoms with Crippen molar-refractivity contribution in [1.82, 2.24) is 9.38 Å². The van der Waals surface area contributed by atoms with E-state index in [1.807, 2.05) is 47.1 Å². The normalized spacial score (nSPS) is 10.8. The maximum Gasteiger partial charge on any atom is 0.307 e. The third-order valence-corrected chi connectivity index (χ3v) is 3.36. The van der Waals surface area contributed by atoms with Crippen LogP contribution in [0.5, 0.6) is 0 Å². The average Bonchev–Trinajstić information content (AvgIpc) is 2.85. The number of carboxylic acid groups (broad SMARTS) is 1. The second kappa shape index (κ2) is 4.81. The highest BCUT2D eigenvalue weighted by atomic mass is 16.4. The van der Waals surface area contributed by atoms with E-state index in [1.165, 1.54) is 0 Å². The van der Waals surface area contributed by atoms with E-state index in [0.717, 1.165) is 27.9 Å². The molecular formula is C16H14N2O2. The molecule has 20 heavy (non-hydrogen) atoms. The first-order valence-electron chi connectivity index (χ1n) is 6.38. The van der Waals surface area contributed by atoms with Crippen molar-refractivity contribution in [2.45, 2.75) is 13.3 Å². The first kappa shape index (κ1) is 12.4. The Labute approximate surface area is 116 Å². The minimum atomic E-state index is -0.811. The van der Waals surface area contributed by atoms with Crippen molar-refractivity contribution >= 4 is 11.6 Å². The SMILES string of the molecule is Cc1cc2nccn2cc1-c1ccc(CC(=O)O)cc1. The zero-order valence-electron chi connectivity index (χ0n) is 11.1. The van der Waals surface area contributed by atoms with Gasteiger partial charge in [-0.3, -0.25) is 4.79 Å². The lowest BCUT2D eigenvalue weighted by Gasteiger charge is -2.08. The second-order valence-corrected chi connectivity index (χ2v) is 4.83. The van der Waals surface area contributed by atoms with Gasteiger partial charge in [-0.2, -0.15) is 0 Å². The summed E-state index contributed by atoms with van der Waals surface area (Å²) in [5.41, 5.74) is 5.08. The maximum absolute atomic E-state index is 10.7. The molecule has 0 radical (unpaired) electrons. The Bertz CT molecular complexity index is 773. The third kappa shape index (κ3) is 2.28. The summed E-state index contributed by atoms with van der Waals surface area (Å²) in [6.45, 7) is 2.05. The summed E-state index contributed by atoms with van der Waals surface area (Å²) < 4.78 is 1.98. The summed E-state index contributed by atoms with van der Waals surface area (Å²) in [6, 6.07) is 9.69. The monoisotopic (exact) mass is 266 g/mol. The van der Waals surface area contributed by atoms with Crippen LogP contribution in [-0.4, -0.2) is 20.5 Å². The van der Waals surface area contributed by atoms with Crippen molar-refractivity contribution in [2.24, 2.45) is 0 Å². The molecule has 0 aliphatic carbocycles. The van der Waals surface area contributed by atoms with E-state index in [2.05, 4.69) is 11.9 Å². The van der Waals surface area contributed by atoms with Crippen LogP contribution in [0.4, 0.5) is 0 Å². The molecular weight excluding hydrogens is 252 g/mol. The highest BCUT2D eigenvalue weighted by Gasteiger charge is 2.06. The number of rotatable bonds is 3. The van der Waals surface area contributed by atoms with Crippen LogP contribution in [0, 0.1) is 6.92 Å². The van der Waals surface area contributed by atoms with E-state index in [0.29, 0.717) is 0 Å². The van der Waals surface area contributed by atoms with Crippen LogP contribution >= 0.6 is 0 Å². The Morgan fingerprint density at radius 2 is 2.05 bits per heavy atom. The number of carbonyl (C=O) groups is 1. The molecule has 4 nitrogen and oxygen atoms in total. The number of pyridine rings is 1. The lowest BCUT2D eigenvalue weighted by Crippen LogP contribution is -1.99. The molecule has 0 aliphatic rings. The van der Waals surface area contributed by atoms with E-state index in [9.17, 15) is 4.79 Å². The fourth-order valence-corrected chi connectivity index (χ4v) is 2.34. The first-order chi connectivity index (χ1) is 9.63. The standard InChI is InChI=1S/C16H14N2O2/c1-11-8-15-17-6-7-18(15)10-14(11)13-4-2-12(3-5-13)9-16(19)20/h2-8,10H,9H2,1H3,(H,19,20). The molecule has 0 saturated heterocycles. The Balaban J connectivity index is 2.01. The van der Waals surface area contributed by atoms with Gasteiger partial charge in [-0.25, -0.2) is 4.98 Å². The number of hydrogen-bond donors (Lipinski definition) is 1. The molecule has 2 heterocycles. The fraction of sp³-hybridized carbons (Fsp3) is 0.125. The molecule has 0 fully saturated rings. The highest BCUT2D eigenvalue weighted by Crippen LogP contribution is 2.24. The molecule has 3 rings (SSSR count). The maximum atomic E-state index is 10.7. The van der Waals surface area contributed by atoms with Crippen LogP contribution < -0.4 is 0 Å². The molecule has 4 heteroatoms. The van der Waals surface area contributed by atoms with Crippen LogP contribution in [-0.2, 0) is 11.2 Å². The van der Waals surface area contributed by atoms with Crippen molar-refractivity contribution in [1.29, 1.82) is 0 Å². The smallest absolute Gasteiger partial charge is 0.307 e. The number of aromatic nitrogens is 2. The number of benzene rings is 1. The van der Waals surface area contributed by atoms with Crippen LogP contribution in [0.2, 0.25) is 0 Å². The summed E-state index contributed by atoms with van der Waals surface area (Å²) in [4.78, 5) is 14.9. The summed E-state index contributed by atoms with van der Waals surface area (Å²) in [5, 5.41) is 8.78. The topological polar surface area (TPSA) is 54.6 Å². The molecule has 3 aromatic rings. The quantitative estimate of drug-likeness (QED) is 0.793. The Kier molecular flexibility index (Phi) is 2.99. The molecule has 0 spiro atoms. The molecule has 0 amide bonds. The van der Waals surface area contributed by atoms with Crippen molar-refractivity contribution in [3.05, 3.63) is 60.0 Å². The minimum Gasteiger partial charge on any atom is -0.481 e. The molecule has 0 aliphatic heterocycles. The number of aryl methyl sites for hydroxylation is 1. The predicted molar refractivity (Wildman–Crippen MR) is 76.7 cm³/mol. The molecule has 0 unspecified atom stereocenters. The van der Waals surface area contributed by atoms with Gasteiger partial charge in [0.15, 0.2) is 0 Å². The van der Waals surface area contributed by atoms with Gasteiger partial charge in [0.25, 0.3) is 0 Å². The van der Waals surface area contributed by atoms with Crippen LogP contribution in [0.3, 0.4) is 0 Å². The van der Waals surface area contributed by atoms with E-state index < -0.39 is 5.97 Å². The van der Waals surface area contributed by atoms with Gasteiger partial charge in [0.1, 0.15) is 5.65 Å². The van der Waals surface area contributed by atoms with Gasteiger partial charge < -0.3 is 9.51 Å². The van der Waals surface area contributed by atoms with Crippen molar-refractivity contribution in [3.8, 4) is 11.1 Å². The fourth-order valence-electron chi connectivity index (χ4n) is 2.34. The van der Waals surface area contributed by atoms with E-state index in [4.69, 9.17) is 5.11 Å². The Morgan fingerprint density at radius 3 is 2.75 bits per heavy atom. The van der Waals surface area contributed by atoms with Gasteiger partial charge >= 0.3 is 5.97 Å². The molecule has 2 aromatic heterocycles. The lowest BCUT2D eigenvalue weighted by atomic mass is 10.0. The van der Waals surface area contributed by atoms with Gasteiger partial charge in [0.2, 0.25) is 0 Å².